The zero-order chi connectivity index (χ0) is 12.6. The Balaban J connectivity index is 4.78. The van der Waals surface area contributed by atoms with Crippen LogP contribution in [0, 0.1) is 0 Å². The molecule has 16 heavy (non-hydrogen) atoms. The molecule has 0 aliphatic carbocycles. The van der Waals surface area contributed by atoms with Crippen molar-refractivity contribution >= 4 is 34.2 Å². The summed E-state index contributed by atoms with van der Waals surface area (Å²) in [5.74, 6) is -1.45. The molecule has 0 radical (unpaired) electrons. The topological polar surface area (TPSA) is 69.7 Å². The predicted molar refractivity (Wildman–Crippen MR) is 60.2 cm³/mol. The van der Waals surface area contributed by atoms with Gasteiger partial charge in [0.25, 0.3) is 0 Å². The number of carbonyl (C=O) groups excluding carboxylic acids is 3. The molecule has 0 N–H and O–H groups in total. The van der Waals surface area contributed by atoms with E-state index in [-0.39, 0.29) is 26.1 Å². The Kier molecular flexibility index (Phi) is 6.96. The van der Waals surface area contributed by atoms with E-state index >= 15 is 0 Å². The van der Waals surface area contributed by atoms with Crippen LogP contribution in [-0.4, -0.2) is 35.8 Å². The molecule has 0 atom stereocenters. The fourth-order valence-electron chi connectivity index (χ4n) is 1.04. The Bertz CT molecular complexity index is 246. The summed E-state index contributed by atoms with van der Waals surface area (Å²) in [6.45, 7) is 3.59. The van der Waals surface area contributed by atoms with Crippen molar-refractivity contribution in [1.29, 1.82) is 0 Å². The average molecular weight is 295 g/mol. The Labute approximate surface area is 103 Å². The normalized spacial score (nSPS) is 10.7. The van der Waals surface area contributed by atoms with Crippen molar-refractivity contribution in [2.24, 2.45) is 0 Å². The van der Waals surface area contributed by atoms with Crippen molar-refractivity contribution in [3.05, 3.63) is 0 Å². The van der Waals surface area contributed by atoms with Gasteiger partial charge < -0.3 is 14.3 Å². The minimum Gasteiger partial charge on any atom is -0.465 e. The van der Waals surface area contributed by atoms with Crippen LogP contribution >= 0.6 is 15.9 Å². The Morgan fingerprint density at radius 1 is 1.19 bits per heavy atom. The number of rotatable bonds is 7. The quantitative estimate of drug-likeness (QED) is 0.306. The van der Waals surface area contributed by atoms with E-state index in [2.05, 4.69) is 15.9 Å². The maximum atomic E-state index is 11.6. The van der Waals surface area contributed by atoms with Gasteiger partial charge in [0.1, 0.15) is 6.29 Å². The van der Waals surface area contributed by atoms with Crippen LogP contribution in [0.3, 0.4) is 0 Å². The molecular weight excluding hydrogens is 280 g/mol. The van der Waals surface area contributed by atoms with Crippen molar-refractivity contribution in [1.82, 2.24) is 0 Å². The van der Waals surface area contributed by atoms with Crippen LogP contribution in [0.15, 0.2) is 0 Å². The Morgan fingerprint density at radius 2 is 1.62 bits per heavy atom. The van der Waals surface area contributed by atoms with E-state index in [1.54, 1.807) is 13.8 Å². The van der Waals surface area contributed by atoms with Crippen molar-refractivity contribution in [2.45, 2.75) is 31.0 Å². The Hall–Kier alpha value is -0.910. The molecule has 0 rings (SSSR count). The van der Waals surface area contributed by atoms with Crippen molar-refractivity contribution < 1.29 is 23.9 Å². The van der Waals surface area contributed by atoms with Gasteiger partial charge in [-0.25, -0.2) is 9.59 Å². The molecule has 0 aromatic heterocycles. The van der Waals surface area contributed by atoms with Crippen LogP contribution < -0.4 is 0 Å². The van der Waals surface area contributed by atoms with E-state index in [0.29, 0.717) is 6.29 Å². The third-order valence-corrected chi connectivity index (χ3v) is 2.85. The second kappa shape index (κ2) is 7.38. The number of aldehydes is 1. The van der Waals surface area contributed by atoms with Gasteiger partial charge >= 0.3 is 11.9 Å². The summed E-state index contributed by atoms with van der Waals surface area (Å²) in [5, 5.41) is 0. The molecule has 0 saturated carbocycles. The first-order valence-electron chi connectivity index (χ1n) is 4.99. The average Bonchev–Trinajstić information content (AvgIpc) is 2.26. The number of carbonyl (C=O) groups is 3. The van der Waals surface area contributed by atoms with Gasteiger partial charge in [0.05, 0.1) is 13.2 Å². The SMILES string of the molecule is CCOC(=O)C(Br)(CCC=O)C(=O)OCC. The van der Waals surface area contributed by atoms with Crippen molar-refractivity contribution in [2.75, 3.05) is 13.2 Å². The standard InChI is InChI=1S/C10H15BrO5/c1-3-15-8(13)10(11,6-5-7-12)9(14)16-4-2/h7H,3-6H2,1-2H3. The fourth-order valence-corrected chi connectivity index (χ4v) is 1.49. The van der Waals surface area contributed by atoms with Crippen molar-refractivity contribution in [3.8, 4) is 0 Å². The minimum absolute atomic E-state index is 0.0220. The molecule has 0 saturated heterocycles. The highest BCUT2D eigenvalue weighted by atomic mass is 79.9. The van der Waals surface area contributed by atoms with E-state index in [4.69, 9.17) is 9.47 Å². The van der Waals surface area contributed by atoms with Crippen LogP contribution in [0.1, 0.15) is 26.7 Å². The first kappa shape index (κ1) is 15.1. The lowest BCUT2D eigenvalue weighted by molar-refractivity contribution is -0.158. The minimum atomic E-state index is -1.57. The molecule has 0 aromatic carbocycles. The first-order chi connectivity index (χ1) is 7.52. The van der Waals surface area contributed by atoms with Crippen LogP contribution in [0.25, 0.3) is 0 Å². The van der Waals surface area contributed by atoms with Gasteiger partial charge in [-0.15, -0.1) is 0 Å². The third kappa shape index (κ3) is 3.92. The monoisotopic (exact) mass is 294 g/mol. The highest BCUT2D eigenvalue weighted by Crippen LogP contribution is 2.27. The molecule has 0 heterocycles. The van der Waals surface area contributed by atoms with Gasteiger partial charge in [-0.05, 0) is 20.3 Å². The van der Waals surface area contributed by atoms with Crippen LogP contribution in [0.5, 0.6) is 0 Å². The summed E-state index contributed by atoms with van der Waals surface area (Å²) in [7, 11) is 0. The Morgan fingerprint density at radius 3 is 1.94 bits per heavy atom. The molecule has 0 unspecified atom stereocenters. The number of hydrogen-bond acceptors (Lipinski definition) is 5. The largest absolute Gasteiger partial charge is 0.465 e. The van der Waals surface area contributed by atoms with Gasteiger partial charge in [-0.1, -0.05) is 15.9 Å². The van der Waals surface area contributed by atoms with Crippen LogP contribution in [0.2, 0.25) is 0 Å². The van der Waals surface area contributed by atoms with Gasteiger partial charge in [-0.2, -0.15) is 0 Å². The number of ether oxygens (including phenoxy) is 2. The van der Waals surface area contributed by atoms with E-state index in [0.717, 1.165) is 0 Å². The molecule has 0 bridgehead atoms. The molecule has 0 aliphatic heterocycles. The summed E-state index contributed by atoms with van der Waals surface area (Å²) in [6.07, 6.45) is 0.728. The molecule has 0 spiro atoms. The lowest BCUT2D eigenvalue weighted by Gasteiger charge is -2.22. The molecular formula is C10H15BrO5. The highest BCUT2D eigenvalue weighted by molar-refractivity contribution is 9.10. The highest BCUT2D eigenvalue weighted by Gasteiger charge is 2.46. The molecule has 0 aliphatic rings. The number of esters is 2. The van der Waals surface area contributed by atoms with Gasteiger partial charge in [0, 0.05) is 6.42 Å². The van der Waals surface area contributed by atoms with Gasteiger partial charge in [0.2, 0.25) is 4.32 Å². The summed E-state index contributed by atoms with van der Waals surface area (Å²) >= 11 is 3.01. The number of hydrogen-bond donors (Lipinski definition) is 0. The summed E-state index contributed by atoms with van der Waals surface area (Å²) in [4.78, 5) is 33.5. The maximum Gasteiger partial charge on any atom is 0.334 e. The second-order valence-corrected chi connectivity index (χ2v) is 4.30. The summed E-state index contributed by atoms with van der Waals surface area (Å²) in [5.41, 5.74) is 0. The molecule has 92 valence electrons. The number of halogens is 1. The zero-order valence-electron chi connectivity index (χ0n) is 9.32. The van der Waals surface area contributed by atoms with E-state index < -0.39 is 16.3 Å². The lowest BCUT2D eigenvalue weighted by Crippen LogP contribution is -2.43. The lowest BCUT2D eigenvalue weighted by atomic mass is 10.0. The molecule has 6 heteroatoms. The second-order valence-electron chi connectivity index (χ2n) is 2.95. The third-order valence-electron chi connectivity index (χ3n) is 1.80. The van der Waals surface area contributed by atoms with Crippen molar-refractivity contribution in [3.63, 3.8) is 0 Å². The van der Waals surface area contributed by atoms with E-state index in [1.807, 2.05) is 0 Å². The van der Waals surface area contributed by atoms with E-state index in [9.17, 15) is 14.4 Å². The first-order valence-corrected chi connectivity index (χ1v) is 5.79. The molecule has 0 amide bonds. The van der Waals surface area contributed by atoms with Crippen LogP contribution in [-0.2, 0) is 23.9 Å². The zero-order valence-corrected chi connectivity index (χ0v) is 10.9. The molecule has 5 nitrogen and oxygen atoms in total. The van der Waals surface area contributed by atoms with Gasteiger partial charge in [-0.3, -0.25) is 0 Å². The summed E-state index contributed by atoms with van der Waals surface area (Å²) in [6, 6.07) is 0. The maximum absolute atomic E-state index is 11.6. The smallest absolute Gasteiger partial charge is 0.334 e. The molecule has 0 aromatic rings. The number of alkyl halides is 1. The summed E-state index contributed by atoms with van der Waals surface area (Å²) < 4.78 is 7.97. The molecule has 0 fully saturated rings. The van der Waals surface area contributed by atoms with E-state index in [1.165, 1.54) is 0 Å². The fraction of sp³-hybridized carbons (Fsp3) is 0.700. The van der Waals surface area contributed by atoms with Gasteiger partial charge in [0.15, 0.2) is 0 Å². The predicted octanol–water partition coefficient (Wildman–Crippen LogP) is 1.23. The van der Waals surface area contributed by atoms with Crippen LogP contribution in [0.4, 0.5) is 0 Å².